The third kappa shape index (κ3) is 32.2. The first-order chi connectivity index (χ1) is 10.0. The first-order valence-electron chi connectivity index (χ1n) is 4.68. The second-order valence-electron chi connectivity index (χ2n) is 2.25. The average Bonchev–Trinajstić information content (AvgIpc) is 3.40. The molecular weight excluding hydrogens is 1250 g/mol. The maximum absolute atomic E-state index is 3.27. The minimum atomic E-state index is 0. The molecule has 0 aromatic heterocycles. The van der Waals surface area contributed by atoms with Crippen molar-refractivity contribution in [2.45, 2.75) is 0 Å². The minimum absolute atomic E-state index is 0. The predicted molar refractivity (Wildman–Crippen MR) is 100 cm³/mol. The van der Waals surface area contributed by atoms with Crippen molar-refractivity contribution >= 4 is 152 Å². The Hall–Kier alpha value is 8.01. The Morgan fingerprint density at radius 3 is 0.667 bits per heavy atom. The summed E-state index contributed by atoms with van der Waals surface area (Å²) >= 11 is 9.25. The largest absolute Gasteiger partial charge is 2.00 e. The summed E-state index contributed by atoms with van der Waals surface area (Å²) in [7, 11) is 0. The van der Waals surface area contributed by atoms with Crippen LogP contribution in [0, 0.1) is 19.5 Å². The van der Waals surface area contributed by atoms with E-state index in [9.17, 15) is 0 Å². The van der Waals surface area contributed by atoms with E-state index < -0.39 is 0 Å². The molecule has 0 aromatic carbocycles. The average molecular weight is 1250 g/mol. The molecule has 0 atom stereocenters. The standard InChI is InChI=1S/4C2HAs3.2ClH.2Zr/c4*1-2-4-5-3-1;;;;/h4*1H;2*1H;;/q4*-1;;;2*+2/p-2. The molecule has 0 saturated carbocycles. The topological polar surface area (TPSA) is 0 Å². The molecule has 0 spiro atoms. The second kappa shape index (κ2) is 35.6. The number of rotatable bonds is 0. The molecule has 0 N–H and O–H groups in total. The van der Waals surface area contributed by atoms with Gasteiger partial charge in [0, 0.05) is 0 Å². The molecule has 0 saturated heterocycles. The SMILES string of the molecule is [C-]1=C[As][As]=[As]1.[C-]1=C[As][As]=[As]1.[C-]1=C[As][As]=[As]1.[C-]1=C[As][As]=[As]1.[Cl-].[Cl-].[Zr+2].[Zr+2]. The molecule has 0 bridgehead atoms. The van der Waals surface area contributed by atoms with Gasteiger partial charge in [0.15, 0.2) is 0 Å². The van der Waals surface area contributed by atoms with Crippen LogP contribution in [0.25, 0.3) is 0 Å². The Balaban J connectivity index is -0.000000105. The maximum Gasteiger partial charge on any atom is 2.00 e. The zero-order valence-corrected chi connectivity index (χ0v) is 40.4. The summed E-state index contributed by atoms with van der Waals surface area (Å²) in [6.07, 6.45) is 0. The van der Waals surface area contributed by atoms with Crippen LogP contribution < -0.4 is 24.8 Å². The van der Waals surface area contributed by atoms with Gasteiger partial charge in [-0.3, -0.25) is 0 Å². The van der Waals surface area contributed by atoms with Gasteiger partial charge in [-0.15, -0.1) is 0 Å². The van der Waals surface area contributed by atoms with Crippen molar-refractivity contribution in [3.63, 3.8) is 0 Å². The molecule has 24 heavy (non-hydrogen) atoms. The summed E-state index contributed by atoms with van der Waals surface area (Å²) in [4.78, 5) is 22.2. The molecule has 0 amide bonds. The molecule has 4 rings (SSSR count). The number of hydrogen-bond donors (Lipinski definition) is 0. The van der Waals surface area contributed by atoms with Crippen LogP contribution in [0.4, 0.5) is 0 Å². The van der Waals surface area contributed by atoms with Crippen molar-refractivity contribution in [3.05, 3.63) is 38.9 Å². The van der Waals surface area contributed by atoms with Gasteiger partial charge >= 0.3 is 243 Å². The molecule has 4 heterocycles. The Bertz CT molecular complexity index is 359. The Labute approximate surface area is 260 Å². The van der Waals surface area contributed by atoms with E-state index in [0.29, 0.717) is 52.6 Å². The maximum atomic E-state index is 3.27. The minimum Gasteiger partial charge on any atom is -1.00 e. The van der Waals surface area contributed by atoms with Gasteiger partial charge in [0.1, 0.15) is 0 Å². The van der Waals surface area contributed by atoms with E-state index in [1.165, 1.54) is 0 Å². The molecule has 4 radical (unpaired) electrons. The van der Waals surface area contributed by atoms with Crippen LogP contribution in [-0.2, 0) is 52.4 Å². The van der Waals surface area contributed by atoms with Crippen molar-refractivity contribution in [2.75, 3.05) is 0 Å². The summed E-state index contributed by atoms with van der Waals surface area (Å²) in [5, 5.41) is 0. The zero-order chi connectivity index (χ0) is 14.1. The summed E-state index contributed by atoms with van der Waals surface area (Å²) < 4.78 is 0. The van der Waals surface area contributed by atoms with Gasteiger partial charge in [0.2, 0.25) is 0 Å². The van der Waals surface area contributed by atoms with Gasteiger partial charge in [-0.1, -0.05) is 0 Å². The van der Waals surface area contributed by atoms with E-state index in [1.54, 1.807) is 0 Å². The van der Waals surface area contributed by atoms with Gasteiger partial charge in [0.25, 0.3) is 0 Å². The van der Waals surface area contributed by atoms with E-state index in [2.05, 4.69) is 38.9 Å². The Kier molecular flexibility index (Phi) is 58.2. The molecule has 0 nitrogen and oxygen atoms in total. The van der Waals surface area contributed by atoms with Crippen LogP contribution in [0.5, 0.6) is 0 Å². The van der Waals surface area contributed by atoms with Gasteiger partial charge in [0.05, 0.1) is 0 Å². The third-order valence-corrected chi connectivity index (χ3v) is 72.8. The van der Waals surface area contributed by atoms with Gasteiger partial charge in [-0.25, -0.2) is 0 Å². The predicted octanol–water partition coefficient (Wildman–Crippen LogP) is -9.13. The van der Waals surface area contributed by atoms with Crippen LogP contribution in [0.1, 0.15) is 0 Å². The summed E-state index contributed by atoms with van der Waals surface area (Å²) in [5.41, 5.74) is 0. The fourth-order valence-electron chi connectivity index (χ4n) is 0.516. The van der Waals surface area contributed by atoms with Crippen LogP contribution in [0.2, 0.25) is 0 Å². The summed E-state index contributed by atoms with van der Waals surface area (Å²) in [6.45, 7) is 0. The van der Waals surface area contributed by atoms with Crippen molar-refractivity contribution in [1.29, 1.82) is 0 Å². The van der Waals surface area contributed by atoms with E-state index >= 15 is 0 Å². The summed E-state index contributed by atoms with van der Waals surface area (Å²) in [6, 6.07) is 0. The van der Waals surface area contributed by atoms with Crippen molar-refractivity contribution < 1.29 is 77.2 Å². The van der Waals surface area contributed by atoms with Gasteiger partial charge in [-0.05, 0) is 0 Å². The molecule has 0 fully saturated rings. The van der Waals surface area contributed by atoms with Gasteiger partial charge in [-0.2, -0.15) is 0 Å². The first kappa shape index (κ1) is 39.2. The molecule has 16 heteroatoms. The van der Waals surface area contributed by atoms with Crippen molar-refractivity contribution in [3.8, 4) is 0 Å². The van der Waals surface area contributed by atoms with Crippen LogP contribution >= 0.6 is 0 Å². The van der Waals surface area contributed by atoms with Crippen molar-refractivity contribution in [1.82, 2.24) is 0 Å². The van der Waals surface area contributed by atoms with E-state index in [0.717, 1.165) is 99.0 Å². The fourth-order valence-corrected chi connectivity index (χ4v) is 72.4. The molecule has 4 aliphatic rings. The molecule has 0 unspecified atom stereocenters. The normalized spacial score (nSPS) is 24.0. The molecule has 4 aliphatic heterocycles. The van der Waals surface area contributed by atoms with E-state index in [1.807, 2.05) is 0 Å². The molecule has 0 aliphatic carbocycles. The van der Waals surface area contributed by atoms with Crippen LogP contribution in [0.3, 0.4) is 0 Å². The van der Waals surface area contributed by atoms with Crippen molar-refractivity contribution in [2.24, 2.45) is 0 Å². The monoisotopic (exact) mass is 1250 g/mol. The summed E-state index contributed by atoms with van der Waals surface area (Å²) in [5.74, 6) is 0. The van der Waals surface area contributed by atoms with E-state index in [4.69, 9.17) is 0 Å². The first-order valence-corrected chi connectivity index (χ1v) is 54.4. The smallest absolute Gasteiger partial charge is 1.00 e. The number of hydrogen-bond acceptors (Lipinski definition) is 0. The molecular formula is C8H4As12Cl2Zr2-2. The Morgan fingerprint density at radius 2 is 0.625 bits per heavy atom. The quantitative estimate of drug-likeness (QED) is 0.168. The third-order valence-electron chi connectivity index (χ3n) is 1.08. The molecule has 0 aromatic rings. The van der Waals surface area contributed by atoms with Gasteiger partial charge < -0.3 is 24.8 Å². The Morgan fingerprint density at radius 1 is 0.417 bits per heavy atom. The second-order valence-corrected chi connectivity index (χ2v) is 78.8. The number of halogens is 2. The molecule has 120 valence electrons. The van der Waals surface area contributed by atoms with Crippen LogP contribution in [0.15, 0.2) is 19.5 Å². The van der Waals surface area contributed by atoms with E-state index in [-0.39, 0.29) is 77.2 Å². The van der Waals surface area contributed by atoms with Crippen LogP contribution in [-0.4, -0.2) is 152 Å². The zero-order valence-electron chi connectivity index (χ0n) is 11.4. The fraction of sp³-hybridized carbons (Fsp3) is 0.